The van der Waals surface area contributed by atoms with Crippen molar-refractivity contribution in [2.75, 3.05) is 13.6 Å². The molecule has 1 aromatic rings. The minimum absolute atomic E-state index is 0.128. The topological polar surface area (TPSA) is 23.5 Å². The lowest BCUT2D eigenvalue weighted by atomic mass is 9.73. The predicted molar refractivity (Wildman–Crippen MR) is 82.4 cm³/mol. The summed E-state index contributed by atoms with van der Waals surface area (Å²) in [5.41, 5.74) is 0. The molecule has 2 nitrogen and oxygen atoms in total. The van der Waals surface area contributed by atoms with Crippen molar-refractivity contribution in [3.63, 3.8) is 0 Å². The Hall–Kier alpha value is -0.380. The van der Waals surface area contributed by atoms with Crippen LogP contribution in [0.25, 0.3) is 0 Å². The van der Waals surface area contributed by atoms with Gasteiger partial charge in [-0.25, -0.2) is 0 Å². The van der Waals surface area contributed by atoms with Gasteiger partial charge in [-0.15, -0.1) is 11.3 Å². The number of nitrogens with zero attached hydrogens (tertiary/aromatic N) is 1. The van der Waals surface area contributed by atoms with Crippen molar-refractivity contribution in [3.8, 4) is 0 Å². The zero-order chi connectivity index (χ0) is 14.0. The highest BCUT2D eigenvalue weighted by molar-refractivity contribution is 7.10. The number of hydrogen-bond acceptors (Lipinski definition) is 3. The molecule has 1 N–H and O–H groups in total. The SMILES string of the molecule is CC1CC(C)C(CN(C)C(C)c2cccs2)C(O)C1. The van der Waals surface area contributed by atoms with E-state index in [1.54, 1.807) is 0 Å². The Bertz CT molecular complexity index is 366. The molecule has 3 heteroatoms. The molecular formula is C16H27NOS. The zero-order valence-electron chi connectivity index (χ0n) is 12.5. The van der Waals surface area contributed by atoms with E-state index in [0.717, 1.165) is 13.0 Å². The maximum atomic E-state index is 10.3. The highest BCUT2D eigenvalue weighted by atomic mass is 32.1. The van der Waals surface area contributed by atoms with Gasteiger partial charge in [-0.3, -0.25) is 4.90 Å². The molecule has 0 aliphatic heterocycles. The number of rotatable bonds is 4. The molecule has 0 bridgehead atoms. The van der Waals surface area contributed by atoms with Crippen LogP contribution in [0.3, 0.4) is 0 Å². The third-order valence-corrected chi connectivity index (χ3v) is 5.80. The van der Waals surface area contributed by atoms with E-state index in [1.165, 1.54) is 11.3 Å². The Morgan fingerprint density at radius 1 is 1.42 bits per heavy atom. The molecule has 1 aliphatic carbocycles. The van der Waals surface area contributed by atoms with E-state index < -0.39 is 0 Å². The summed E-state index contributed by atoms with van der Waals surface area (Å²) >= 11 is 1.82. The average Bonchev–Trinajstić information content (AvgIpc) is 2.86. The molecular weight excluding hydrogens is 254 g/mol. The summed E-state index contributed by atoms with van der Waals surface area (Å²) in [6.45, 7) is 7.81. The monoisotopic (exact) mass is 281 g/mol. The predicted octanol–water partition coefficient (Wildman–Crippen LogP) is 3.78. The molecule has 19 heavy (non-hydrogen) atoms. The van der Waals surface area contributed by atoms with Gasteiger partial charge in [0.2, 0.25) is 0 Å². The number of aliphatic hydroxyl groups excluding tert-OH is 1. The first-order valence-corrected chi connectivity index (χ1v) is 8.28. The molecule has 1 aromatic heterocycles. The van der Waals surface area contributed by atoms with Crippen molar-refractivity contribution >= 4 is 11.3 Å². The molecule has 1 fully saturated rings. The van der Waals surface area contributed by atoms with Gasteiger partial charge in [0.05, 0.1) is 6.10 Å². The Balaban J connectivity index is 1.96. The first kappa shape index (κ1) is 15.0. The molecule has 1 saturated carbocycles. The van der Waals surface area contributed by atoms with Crippen LogP contribution in [0, 0.1) is 17.8 Å². The molecule has 0 spiro atoms. The van der Waals surface area contributed by atoms with Crippen LogP contribution in [0.1, 0.15) is 44.5 Å². The first-order valence-electron chi connectivity index (χ1n) is 7.40. The van der Waals surface area contributed by atoms with E-state index >= 15 is 0 Å². The van der Waals surface area contributed by atoms with Crippen LogP contribution in [0.2, 0.25) is 0 Å². The van der Waals surface area contributed by atoms with E-state index in [-0.39, 0.29) is 6.10 Å². The van der Waals surface area contributed by atoms with Gasteiger partial charge in [-0.1, -0.05) is 19.9 Å². The van der Waals surface area contributed by atoms with Crippen molar-refractivity contribution < 1.29 is 5.11 Å². The van der Waals surface area contributed by atoms with Crippen LogP contribution < -0.4 is 0 Å². The second kappa shape index (κ2) is 6.38. The largest absolute Gasteiger partial charge is 0.393 e. The molecule has 0 radical (unpaired) electrons. The lowest BCUT2D eigenvalue weighted by Crippen LogP contribution is -2.42. The quantitative estimate of drug-likeness (QED) is 0.908. The molecule has 0 amide bonds. The Kier molecular flexibility index (Phi) is 5.04. The van der Waals surface area contributed by atoms with E-state index in [4.69, 9.17) is 0 Å². The number of hydrogen-bond donors (Lipinski definition) is 1. The van der Waals surface area contributed by atoms with E-state index in [0.29, 0.717) is 23.8 Å². The average molecular weight is 281 g/mol. The summed E-state index contributed by atoms with van der Waals surface area (Å²) in [5, 5.41) is 12.5. The molecule has 0 saturated heterocycles. The van der Waals surface area contributed by atoms with Crippen LogP contribution in [0.5, 0.6) is 0 Å². The van der Waals surface area contributed by atoms with Crippen LogP contribution in [0.4, 0.5) is 0 Å². The molecule has 108 valence electrons. The van der Waals surface area contributed by atoms with Gasteiger partial charge in [0.15, 0.2) is 0 Å². The fourth-order valence-corrected chi connectivity index (χ4v) is 4.26. The Morgan fingerprint density at radius 2 is 2.16 bits per heavy atom. The molecule has 5 atom stereocenters. The molecule has 5 unspecified atom stereocenters. The lowest BCUT2D eigenvalue weighted by Gasteiger charge is -2.40. The van der Waals surface area contributed by atoms with Crippen LogP contribution in [0.15, 0.2) is 17.5 Å². The normalized spacial score (nSPS) is 33.6. The summed E-state index contributed by atoms with van der Waals surface area (Å²) in [5.74, 6) is 1.71. The van der Waals surface area contributed by atoms with Crippen LogP contribution in [-0.4, -0.2) is 29.7 Å². The summed E-state index contributed by atoms with van der Waals surface area (Å²) in [4.78, 5) is 3.81. The fourth-order valence-electron chi connectivity index (χ4n) is 3.41. The smallest absolute Gasteiger partial charge is 0.0585 e. The highest BCUT2D eigenvalue weighted by Gasteiger charge is 2.34. The molecule has 1 heterocycles. The van der Waals surface area contributed by atoms with Crippen molar-refractivity contribution in [1.29, 1.82) is 0 Å². The van der Waals surface area contributed by atoms with Gasteiger partial charge < -0.3 is 5.11 Å². The number of thiophene rings is 1. The van der Waals surface area contributed by atoms with E-state index in [9.17, 15) is 5.11 Å². The van der Waals surface area contributed by atoms with E-state index in [1.807, 2.05) is 11.3 Å². The van der Waals surface area contributed by atoms with Crippen molar-refractivity contribution in [1.82, 2.24) is 4.90 Å². The van der Waals surface area contributed by atoms with Gasteiger partial charge >= 0.3 is 0 Å². The summed E-state index contributed by atoms with van der Waals surface area (Å²) in [6.07, 6.45) is 2.09. The van der Waals surface area contributed by atoms with Gasteiger partial charge in [-0.2, -0.15) is 0 Å². The standard InChI is InChI=1S/C16H27NOS/c1-11-8-12(2)14(15(18)9-11)10-17(4)13(3)16-6-5-7-19-16/h5-7,11-15,18H,8-10H2,1-4H3. The van der Waals surface area contributed by atoms with E-state index in [2.05, 4.69) is 50.2 Å². The van der Waals surface area contributed by atoms with Crippen LogP contribution >= 0.6 is 11.3 Å². The van der Waals surface area contributed by atoms with Gasteiger partial charge in [0.25, 0.3) is 0 Å². The van der Waals surface area contributed by atoms with Gasteiger partial charge in [0.1, 0.15) is 0 Å². The fraction of sp³-hybridized carbons (Fsp3) is 0.750. The maximum Gasteiger partial charge on any atom is 0.0585 e. The zero-order valence-corrected chi connectivity index (χ0v) is 13.4. The Morgan fingerprint density at radius 3 is 2.74 bits per heavy atom. The van der Waals surface area contributed by atoms with Crippen molar-refractivity contribution in [3.05, 3.63) is 22.4 Å². The van der Waals surface area contributed by atoms with Crippen molar-refractivity contribution in [2.45, 2.75) is 45.8 Å². The maximum absolute atomic E-state index is 10.3. The summed E-state index contributed by atoms with van der Waals surface area (Å²) in [6, 6.07) is 4.76. The molecule has 0 aromatic carbocycles. The second-order valence-corrected chi connectivity index (χ2v) is 7.40. The summed E-state index contributed by atoms with van der Waals surface area (Å²) < 4.78 is 0. The molecule has 2 rings (SSSR count). The van der Waals surface area contributed by atoms with Gasteiger partial charge in [-0.05, 0) is 50.1 Å². The number of aliphatic hydroxyl groups is 1. The Labute approximate surface area is 121 Å². The lowest BCUT2D eigenvalue weighted by molar-refractivity contribution is -0.00312. The highest BCUT2D eigenvalue weighted by Crippen LogP contribution is 2.35. The van der Waals surface area contributed by atoms with Crippen LogP contribution in [-0.2, 0) is 0 Å². The third kappa shape index (κ3) is 3.59. The third-order valence-electron chi connectivity index (χ3n) is 4.76. The minimum atomic E-state index is -0.128. The van der Waals surface area contributed by atoms with Gasteiger partial charge in [0, 0.05) is 23.4 Å². The summed E-state index contributed by atoms with van der Waals surface area (Å²) in [7, 11) is 2.18. The van der Waals surface area contributed by atoms with Crippen molar-refractivity contribution in [2.24, 2.45) is 17.8 Å². The first-order chi connectivity index (χ1) is 8.99. The second-order valence-electron chi connectivity index (χ2n) is 6.42. The molecule has 1 aliphatic rings. The minimum Gasteiger partial charge on any atom is -0.393 e.